The maximum absolute atomic E-state index is 13.6. The van der Waals surface area contributed by atoms with Crippen molar-refractivity contribution < 1.29 is 9.18 Å². The molecule has 0 spiro atoms. The molecule has 0 bridgehead atoms. The molecule has 1 atom stereocenters. The van der Waals surface area contributed by atoms with Crippen molar-refractivity contribution in [3.05, 3.63) is 64.4 Å². The lowest BCUT2D eigenvalue weighted by atomic mass is 10.1. The normalized spacial score (nSPS) is 12.0. The number of rotatable bonds is 5. The van der Waals surface area contributed by atoms with Gasteiger partial charge in [0.25, 0.3) is 0 Å². The molecular formula is C16H16BrFN2O. The van der Waals surface area contributed by atoms with Crippen molar-refractivity contribution in [2.24, 2.45) is 0 Å². The molecule has 0 saturated carbocycles. The summed E-state index contributed by atoms with van der Waals surface area (Å²) in [5, 5.41) is 5.79. The van der Waals surface area contributed by atoms with Gasteiger partial charge in [0.05, 0.1) is 6.54 Å². The Bertz CT molecular complexity index is 633. The Morgan fingerprint density at radius 3 is 2.71 bits per heavy atom. The van der Waals surface area contributed by atoms with E-state index >= 15 is 0 Å². The fraction of sp³-hybridized carbons (Fsp3) is 0.188. The summed E-state index contributed by atoms with van der Waals surface area (Å²) in [6.07, 6.45) is 0. The molecule has 0 aromatic heterocycles. The summed E-state index contributed by atoms with van der Waals surface area (Å²) in [6.45, 7) is 1.94. The molecular weight excluding hydrogens is 335 g/mol. The highest BCUT2D eigenvalue weighted by Crippen LogP contribution is 2.17. The van der Waals surface area contributed by atoms with Crippen molar-refractivity contribution in [1.29, 1.82) is 0 Å². The van der Waals surface area contributed by atoms with Crippen LogP contribution in [0.1, 0.15) is 18.5 Å². The van der Waals surface area contributed by atoms with E-state index in [1.165, 1.54) is 6.07 Å². The average Bonchev–Trinajstić information content (AvgIpc) is 2.45. The second-order valence-electron chi connectivity index (χ2n) is 4.68. The highest BCUT2D eigenvalue weighted by molar-refractivity contribution is 9.10. The third-order valence-corrected chi connectivity index (χ3v) is 3.54. The molecule has 2 aromatic rings. The second kappa shape index (κ2) is 7.33. The molecule has 110 valence electrons. The van der Waals surface area contributed by atoms with Gasteiger partial charge < -0.3 is 10.6 Å². The minimum absolute atomic E-state index is 0.113. The SMILES string of the molecule is CC(NCC(=O)Nc1cccc(Br)c1)c1ccccc1F. The molecule has 1 amide bonds. The first kappa shape index (κ1) is 15.7. The Balaban J connectivity index is 1.88. The Kier molecular flexibility index (Phi) is 5.47. The van der Waals surface area contributed by atoms with Gasteiger partial charge in [-0.05, 0) is 31.2 Å². The number of hydrogen-bond acceptors (Lipinski definition) is 2. The fourth-order valence-electron chi connectivity index (χ4n) is 1.95. The standard InChI is InChI=1S/C16H16BrFN2O/c1-11(14-7-2-3-8-15(14)18)19-10-16(21)20-13-6-4-5-12(17)9-13/h2-9,11,19H,10H2,1H3,(H,20,21). The van der Waals surface area contributed by atoms with Gasteiger partial charge in [-0.1, -0.05) is 40.2 Å². The maximum Gasteiger partial charge on any atom is 0.238 e. The zero-order valence-electron chi connectivity index (χ0n) is 11.6. The third kappa shape index (κ3) is 4.65. The first-order chi connectivity index (χ1) is 10.1. The summed E-state index contributed by atoms with van der Waals surface area (Å²) in [6, 6.07) is 13.7. The Morgan fingerprint density at radius 2 is 2.00 bits per heavy atom. The summed E-state index contributed by atoms with van der Waals surface area (Å²) in [5.74, 6) is -0.443. The molecule has 0 aliphatic carbocycles. The van der Waals surface area contributed by atoms with Gasteiger partial charge in [-0.25, -0.2) is 4.39 Å². The lowest BCUT2D eigenvalue weighted by molar-refractivity contribution is -0.115. The quantitative estimate of drug-likeness (QED) is 0.859. The van der Waals surface area contributed by atoms with Crippen LogP contribution >= 0.6 is 15.9 Å². The van der Waals surface area contributed by atoms with E-state index in [1.807, 2.05) is 31.2 Å². The summed E-state index contributed by atoms with van der Waals surface area (Å²) >= 11 is 3.34. The van der Waals surface area contributed by atoms with E-state index < -0.39 is 0 Å². The Morgan fingerprint density at radius 1 is 1.24 bits per heavy atom. The molecule has 0 aliphatic heterocycles. The van der Waals surface area contributed by atoms with Crippen molar-refractivity contribution >= 4 is 27.5 Å². The maximum atomic E-state index is 13.6. The first-order valence-electron chi connectivity index (χ1n) is 6.59. The molecule has 0 fully saturated rings. The van der Waals surface area contributed by atoms with E-state index in [1.54, 1.807) is 18.2 Å². The molecule has 0 radical (unpaired) electrons. The van der Waals surface area contributed by atoms with Gasteiger partial charge in [0.2, 0.25) is 5.91 Å². The topological polar surface area (TPSA) is 41.1 Å². The smallest absolute Gasteiger partial charge is 0.238 e. The third-order valence-electron chi connectivity index (χ3n) is 3.05. The molecule has 5 heteroatoms. The predicted molar refractivity (Wildman–Crippen MR) is 85.6 cm³/mol. The van der Waals surface area contributed by atoms with Crippen molar-refractivity contribution in [2.45, 2.75) is 13.0 Å². The molecule has 0 heterocycles. The summed E-state index contributed by atoms with van der Waals surface area (Å²) in [4.78, 5) is 11.9. The number of carbonyl (C=O) groups is 1. The van der Waals surface area contributed by atoms with Crippen LogP contribution < -0.4 is 10.6 Å². The highest BCUT2D eigenvalue weighted by atomic mass is 79.9. The van der Waals surface area contributed by atoms with E-state index in [0.29, 0.717) is 5.56 Å². The van der Waals surface area contributed by atoms with Crippen molar-refractivity contribution in [2.75, 3.05) is 11.9 Å². The zero-order chi connectivity index (χ0) is 15.2. The van der Waals surface area contributed by atoms with Crippen LogP contribution in [0.25, 0.3) is 0 Å². The average molecular weight is 351 g/mol. The predicted octanol–water partition coefficient (Wildman–Crippen LogP) is 3.88. The van der Waals surface area contributed by atoms with Crippen LogP contribution in [0.2, 0.25) is 0 Å². The zero-order valence-corrected chi connectivity index (χ0v) is 13.2. The van der Waals surface area contributed by atoms with Gasteiger partial charge in [0, 0.05) is 21.8 Å². The summed E-state index contributed by atoms with van der Waals surface area (Å²) in [5.41, 5.74) is 1.27. The van der Waals surface area contributed by atoms with Crippen LogP contribution in [0.4, 0.5) is 10.1 Å². The minimum Gasteiger partial charge on any atom is -0.325 e. The van der Waals surface area contributed by atoms with Gasteiger partial charge in [-0.3, -0.25) is 4.79 Å². The van der Waals surface area contributed by atoms with Crippen LogP contribution in [0, 0.1) is 5.82 Å². The van der Waals surface area contributed by atoms with Crippen LogP contribution in [0.5, 0.6) is 0 Å². The molecule has 3 nitrogen and oxygen atoms in total. The molecule has 0 saturated heterocycles. The molecule has 2 aromatic carbocycles. The minimum atomic E-state index is -0.273. The molecule has 0 aliphatic rings. The van der Waals surface area contributed by atoms with E-state index in [4.69, 9.17) is 0 Å². The van der Waals surface area contributed by atoms with Gasteiger partial charge in [0.15, 0.2) is 0 Å². The van der Waals surface area contributed by atoms with E-state index in [2.05, 4.69) is 26.6 Å². The number of halogens is 2. The van der Waals surface area contributed by atoms with E-state index in [9.17, 15) is 9.18 Å². The van der Waals surface area contributed by atoms with Gasteiger partial charge in [-0.2, -0.15) is 0 Å². The number of benzene rings is 2. The fourth-order valence-corrected chi connectivity index (χ4v) is 2.35. The van der Waals surface area contributed by atoms with Crippen LogP contribution in [0.15, 0.2) is 53.0 Å². The molecule has 2 rings (SSSR count). The number of nitrogens with one attached hydrogen (secondary N) is 2. The number of anilines is 1. The van der Waals surface area contributed by atoms with E-state index in [0.717, 1.165) is 10.2 Å². The Hall–Kier alpha value is -1.72. The lowest BCUT2D eigenvalue weighted by Crippen LogP contribution is -2.30. The summed E-state index contributed by atoms with van der Waals surface area (Å²) in [7, 11) is 0. The van der Waals surface area contributed by atoms with Crippen LogP contribution in [-0.2, 0) is 4.79 Å². The number of carbonyl (C=O) groups excluding carboxylic acids is 1. The lowest BCUT2D eigenvalue weighted by Gasteiger charge is -2.15. The van der Waals surface area contributed by atoms with Crippen molar-refractivity contribution in [3.63, 3.8) is 0 Å². The van der Waals surface area contributed by atoms with E-state index in [-0.39, 0.29) is 24.3 Å². The van der Waals surface area contributed by atoms with Gasteiger partial charge in [0.1, 0.15) is 5.82 Å². The summed E-state index contributed by atoms with van der Waals surface area (Å²) < 4.78 is 14.5. The molecule has 1 unspecified atom stereocenters. The second-order valence-corrected chi connectivity index (χ2v) is 5.60. The largest absolute Gasteiger partial charge is 0.325 e. The highest BCUT2D eigenvalue weighted by Gasteiger charge is 2.11. The molecule has 2 N–H and O–H groups in total. The van der Waals surface area contributed by atoms with Crippen molar-refractivity contribution in [1.82, 2.24) is 5.32 Å². The van der Waals surface area contributed by atoms with Gasteiger partial charge >= 0.3 is 0 Å². The molecule has 21 heavy (non-hydrogen) atoms. The monoisotopic (exact) mass is 350 g/mol. The van der Waals surface area contributed by atoms with Crippen molar-refractivity contribution in [3.8, 4) is 0 Å². The first-order valence-corrected chi connectivity index (χ1v) is 7.39. The Labute approximate surface area is 131 Å². The van der Waals surface area contributed by atoms with Crippen LogP contribution in [0.3, 0.4) is 0 Å². The number of amides is 1. The van der Waals surface area contributed by atoms with Crippen LogP contribution in [-0.4, -0.2) is 12.5 Å². The number of hydrogen-bond donors (Lipinski definition) is 2. The van der Waals surface area contributed by atoms with Gasteiger partial charge in [-0.15, -0.1) is 0 Å².